The molecule has 0 aromatic heterocycles. The van der Waals surface area contributed by atoms with Crippen LogP contribution in [-0.4, -0.2) is 19.8 Å². The summed E-state index contributed by atoms with van der Waals surface area (Å²) in [4.78, 5) is 2.80. The Morgan fingerprint density at radius 3 is 2.71 bits per heavy atom. The summed E-state index contributed by atoms with van der Waals surface area (Å²) in [6.45, 7) is 0.457. The Bertz CT molecular complexity index is 306. The largest absolute Gasteiger partial charge is 0.384 e. The molecule has 14 heavy (non-hydrogen) atoms. The summed E-state index contributed by atoms with van der Waals surface area (Å²) >= 11 is 0. The van der Waals surface area contributed by atoms with E-state index in [9.17, 15) is 0 Å². The van der Waals surface area contributed by atoms with Crippen LogP contribution in [0.1, 0.15) is 5.56 Å². The van der Waals surface area contributed by atoms with Crippen molar-refractivity contribution < 1.29 is 4.74 Å². The summed E-state index contributed by atoms with van der Waals surface area (Å²) < 4.78 is 4.96. The standard InChI is InChI=1S/C10H13N3O/c1-14-8-10(12-13-11)7-9-5-3-2-4-6-9/h2-6,10H,7-8H2,1H3/t10-/m0/s1. The normalized spacial score (nSPS) is 11.8. The zero-order valence-corrected chi connectivity index (χ0v) is 8.13. The van der Waals surface area contributed by atoms with Crippen molar-refractivity contribution in [2.75, 3.05) is 13.7 Å². The van der Waals surface area contributed by atoms with E-state index in [0.29, 0.717) is 6.61 Å². The van der Waals surface area contributed by atoms with Crippen molar-refractivity contribution in [1.82, 2.24) is 0 Å². The van der Waals surface area contributed by atoms with Gasteiger partial charge in [0.25, 0.3) is 0 Å². The van der Waals surface area contributed by atoms with Gasteiger partial charge in [0.05, 0.1) is 12.6 Å². The van der Waals surface area contributed by atoms with Crippen molar-refractivity contribution in [3.05, 3.63) is 46.3 Å². The van der Waals surface area contributed by atoms with Crippen LogP contribution in [0.5, 0.6) is 0 Å². The zero-order chi connectivity index (χ0) is 10.2. The van der Waals surface area contributed by atoms with Gasteiger partial charge in [-0.05, 0) is 17.5 Å². The van der Waals surface area contributed by atoms with E-state index in [1.54, 1.807) is 7.11 Å². The first-order valence-electron chi connectivity index (χ1n) is 4.44. The summed E-state index contributed by atoms with van der Waals surface area (Å²) in [7, 11) is 1.60. The monoisotopic (exact) mass is 191 g/mol. The fourth-order valence-electron chi connectivity index (χ4n) is 1.28. The predicted octanol–water partition coefficient (Wildman–Crippen LogP) is 2.55. The number of hydrogen-bond acceptors (Lipinski definition) is 2. The molecule has 4 heteroatoms. The number of nitrogens with zero attached hydrogens (tertiary/aromatic N) is 3. The lowest BCUT2D eigenvalue weighted by Crippen LogP contribution is -2.14. The highest BCUT2D eigenvalue weighted by molar-refractivity contribution is 5.15. The van der Waals surface area contributed by atoms with Gasteiger partial charge in [-0.3, -0.25) is 0 Å². The van der Waals surface area contributed by atoms with Crippen LogP contribution in [0.15, 0.2) is 35.4 Å². The first-order chi connectivity index (χ1) is 6.86. The van der Waals surface area contributed by atoms with Crippen LogP contribution in [0, 0.1) is 0 Å². The molecule has 0 saturated carbocycles. The molecule has 4 nitrogen and oxygen atoms in total. The van der Waals surface area contributed by atoms with Crippen LogP contribution in [0.4, 0.5) is 0 Å². The Kier molecular flexibility index (Phi) is 4.55. The number of ether oxygens (including phenoxy) is 1. The third-order valence-corrected chi connectivity index (χ3v) is 1.89. The van der Waals surface area contributed by atoms with E-state index in [4.69, 9.17) is 10.3 Å². The third kappa shape index (κ3) is 3.47. The summed E-state index contributed by atoms with van der Waals surface area (Å²) in [5.41, 5.74) is 9.50. The summed E-state index contributed by atoms with van der Waals surface area (Å²) in [5.74, 6) is 0. The maximum atomic E-state index is 8.34. The molecule has 1 aromatic carbocycles. The van der Waals surface area contributed by atoms with E-state index < -0.39 is 0 Å². The quantitative estimate of drug-likeness (QED) is 0.401. The summed E-state index contributed by atoms with van der Waals surface area (Å²) in [6.07, 6.45) is 0.721. The molecule has 1 atom stereocenters. The van der Waals surface area contributed by atoms with Crippen molar-refractivity contribution in [3.63, 3.8) is 0 Å². The molecule has 0 amide bonds. The van der Waals surface area contributed by atoms with Crippen LogP contribution < -0.4 is 0 Å². The lowest BCUT2D eigenvalue weighted by molar-refractivity contribution is 0.180. The molecule has 74 valence electrons. The summed E-state index contributed by atoms with van der Waals surface area (Å²) in [5, 5.41) is 3.66. The van der Waals surface area contributed by atoms with Gasteiger partial charge in [-0.2, -0.15) is 0 Å². The molecule has 0 heterocycles. The van der Waals surface area contributed by atoms with E-state index in [1.165, 1.54) is 0 Å². The highest BCUT2D eigenvalue weighted by Crippen LogP contribution is 2.06. The van der Waals surface area contributed by atoms with Crippen molar-refractivity contribution >= 4 is 0 Å². The smallest absolute Gasteiger partial charge is 0.0648 e. The minimum absolute atomic E-state index is 0.118. The Hall–Kier alpha value is -1.51. The second kappa shape index (κ2) is 6.02. The Morgan fingerprint density at radius 2 is 2.14 bits per heavy atom. The van der Waals surface area contributed by atoms with E-state index >= 15 is 0 Å². The summed E-state index contributed by atoms with van der Waals surface area (Å²) in [6, 6.07) is 9.80. The number of methoxy groups -OCH3 is 1. The van der Waals surface area contributed by atoms with Gasteiger partial charge < -0.3 is 4.74 Å². The number of hydrogen-bond donors (Lipinski definition) is 0. The van der Waals surface area contributed by atoms with Crippen molar-refractivity contribution in [1.29, 1.82) is 0 Å². The van der Waals surface area contributed by atoms with Crippen LogP contribution in [0.25, 0.3) is 10.4 Å². The van der Waals surface area contributed by atoms with E-state index in [-0.39, 0.29) is 6.04 Å². The third-order valence-electron chi connectivity index (χ3n) is 1.89. The van der Waals surface area contributed by atoms with Gasteiger partial charge in [0.1, 0.15) is 0 Å². The molecule has 0 bridgehead atoms. The van der Waals surface area contributed by atoms with Gasteiger partial charge in [0.15, 0.2) is 0 Å². The maximum absolute atomic E-state index is 8.34. The van der Waals surface area contributed by atoms with E-state index in [2.05, 4.69) is 10.0 Å². The van der Waals surface area contributed by atoms with E-state index in [1.807, 2.05) is 30.3 Å². The lowest BCUT2D eigenvalue weighted by Gasteiger charge is -2.09. The highest BCUT2D eigenvalue weighted by atomic mass is 16.5. The average molecular weight is 191 g/mol. The number of rotatable bonds is 5. The second-order valence-electron chi connectivity index (χ2n) is 3.00. The van der Waals surface area contributed by atoms with Gasteiger partial charge in [-0.25, -0.2) is 0 Å². The molecule has 0 radical (unpaired) electrons. The molecular weight excluding hydrogens is 178 g/mol. The SMILES string of the molecule is COC[C@H](Cc1ccccc1)N=[N+]=[N-]. The topological polar surface area (TPSA) is 58.0 Å². The Balaban J connectivity index is 2.59. The molecule has 0 aliphatic carbocycles. The molecule has 0 unspecified atom stereocenters. The van der Waals surface area contributed by atoms with Crippen LogP contribution >= 0.6 is 0 Å². The predicted molar refractivity (Wildman–Crippen MR) is 55.0 cm³/mol. The molecule has 0 fully saturated rings. The fraction of sp³-hybridized carbons (Fsp3) is 0.400. The first kappa shape index (κ1) is 10.6. The molecule has 0 aliphatic heterocycles. The van der Waals surface area contributed by atoms with Crippen LogP contribution in [0.3, 0.4) is 0 Å². The molecule has 0 N–H and O–H groups in total. The van der Waals surface area contributed by atoms with Gasteiger partial charge in [0, 0.05) is 12.0 Å². The molecule has 0 spiro atoms. The maximum Gasteiger partial charge on any atom is 0.0648 e. The van der Waals surface area contributed by atoms with Gasteiger partial charge in [-0.15, -0.1) is 0 Å². The van der Waals surface area contributed by atoms with Crippen molar-refractivity contribution in [2.45, 2.75) is 12.5 Å². The molecule has 0 aliphatic rings. The number of azide groups is 1. The zero-order valence-electron chi connectivity index (χ0n) is 8.13. The minimum atomic E-state index is -0.118. The first-order valence-corrected chi connectivity index (χ1v) is 4.44. The highest BCUT2D eigenvalue weighted by Gasteiger charge is 2.06. The lowest BCUT2D eigenvalue weighted by atomic mass is 10.1. The molecule has 0 saturated heterocycles. The van der Waals surface area contributed by atoms with Crippen molar-refractivity contribution in [3.8, 4) is 0 Å². The molecule has 1 aromatic rings. The van der Waals surface area contributed by atoms with Crippen LogP contribution in [0.2, 0.25) is 0 Å². The fourth-order valence-corrected chi connectivity index (χ4v) is 1.28. The molecular formula is C10H13N3O. The van der Waals surface area contributed by atoms with Crippen LogP contribution in [-0.2, 0) is 11.2 Å². The Labute approximate surface area is 83.1 Å². The molecule has 1 rings (SSSR count). The Morgan fingerprint density at radius 1 is 1.43 bits per heavy atom. The van der Waals surface area contributed by atoms with E-state index in [0.717, 1.165) is 12.0 Å². The second-order valence-corrected chi connectivity index (χ2v) is 3.00. The van der Waals surface area contributed by atoms with Gasteiger partial charge in [0.2, 0.25) is 0 Å². The van der Waals surface area contributed by atoms with Gasteiger partial charge in [-0.1, -0.05) is 35.4 Å². The minimum Gasteiger partial charge on any atom is -0.384 e. The van der Waals surface area contributed by atoms with Crippen molar-refractivity contribution in [2.24, 2.45) is 5.11 Å². The van der Waals surface area contributed by atoms with Gasteiger partial charge >= 0.3 is 0 Å². The number of benzene rings is 1. The average Bonchev–Trinajstić information content (AvgIpc) is 2.20.